The normalized spacial score (nSPS) is 22.7. The number of amides is 3. The molecule has 0 aromatic heterocycles. The van der Waals surface area contributed by atoms with E-state index in [2.05, 4.69) is 0 Å². The molecule has 0 radical (unpaired) electrons. The first kappa shape index (κ1) is 18.2. The predicted octanol–water partition coefficient (Wildman–Crippen LogP) is 1.42. The van der Waals surface area contributed by atoms with Crippen molar-refractivity contribution in [3.05, 3.63) is 35.9 Å². The lowest BCUT2D eigenvalue weighted by molar-refractivity contribution is -0.149. The van der Waals surface area contributed by atoms with E-state index in [1.165, 1.54) is 4.90 Å². The topological polar surface area (TPSA) is 104 Å². The van der Waals surface area contributed by atoms with Gasteiger partial charge in [0.25, 0.3) is 0 Å². The van der Waals surface area contributed by atoms with Crippen LogP contribution in [0, 0.1) is 5.92 Å². The van der Waals surface area contributed by atoms with Crippen LogP contribution in [0.3, 0.4) is 0 Å². The summed E-state index contributed by atoms with van der Waals surface area (Å²) in [5.41, 5.74) is 5.19. The van der Waals surface area contributed by atoms with Crippen LogP contribution in [0.5, 0.6) is 0 Å². The molecule has 1 atom stereocenters. The number of rotatable bonds is 3. The van der Waals surface area contributed by atoms with Crippen molar-refractivity contribution >= 4 is 17.9 Å². The van der Waals surface area contributed by atoms with Crippen LogP contribution in [-0.4, -0.2) is 59.0 Å². The molecule has 2 aliphatic heterocycles. The number of nitrogens with zero attached hydrogens (tertiary/aromatic N) is 2. The van der Waals surface area contributed by atoms with E-state index in [1.807, 2.05) is 30.3 Å². The first-order valence-corrected chi connectivity index (χ1v) is 9.06. The second kappa shape index (κ2) is 7.35. The second-order valence-corrected chi connectivity index (χ2v) is 7.20. The van der Waals surface area contributed by atoms with E-state index in [9.17, 15) is 19.5 Å². The highest BCUT2D eigenvalue weighted by Crippen LogP contribution is 2.36. The highest BCUT2D eigenvalue weighted by molar-refractivity contribution is 5.84. The number of carbonyl (C=O) groups excluding carboxylic acids is 2. The zero-order valence-corrected chi connectivity index (χ0v) is 14.8. The number of aliphatic carboxylic acids is 1. The summed E-state index contributed by atoms with van der Waals surface area (Å²) in [6.45, 7) is 1.77. The summed E-state index contributed by atoms with van der Waals surface area (Å²) in [7, 11) is 0. The van der Waals surface area contributed by atoms with Gasteiger partial charge in [-0.2, -0.15) is 0 Å². The van der Waals surface area contributed by atoms with Crippen molar-refractivity contribution in [2.75, 3.05) is 26.2 Å². The third-order valence-corrected chi connectivity index (χ3v) is 5.75. The molecule has 3 rings (SSSR count). The van der Waals surface area contributed by atoms with E-state index in [1.54, 1.807) is 4.90 Å². The maximum absolute atomic E-state index is 12.8. The first-order valence-electron chi connectivity index (χ1n) is 9.06. The Bertz CT molecular complexity index is 683. The zero-order chi connectivity index (χ0) is 18.7. The molecule has 3 N–H and O–H groups in total. The van der Waals surface area contributed by atoms with Crippen LogP contribution >= 0.6 is 0 Å². The SMILES string of the molecule is NC(=O)N1CCC[C@@H](C(=O)N2CCC(C(=O)O)(c3ccccc3)CC2)C1. The third kappa shape index (κ3) is 3.38. The maximum Gasteiger partial charge on any atom is 0.314 e. The van der Waals surface area contributed by atoms with Crippen LogP contribution in [-0.2, 0) is 15.0 Å². The molecular formula is C19H25N3O4. The molecule has 140 valence electrons. The molecule has 0 aliphatic carbocycles. The molecule has 2 aliphatic rings. The Kier molecular flexibility index (Phi) is 5.15. The number of hydrogen-bond acceptors (Lipinski definition) is 3. The summed E-state index contributed by atoms with van der Waals surface area (Å²) >= 11 is 0. The van der Waals surface area contributed by atoms with Crippen LogP contribution < -0.4 is 5.73 Å². The molecule has 3 amide bonds. The molecular weight excluding hydrogens is 334 g/mol. The van der Waals surface area contributed by atoms with Crippen molar-refractivity contribution in [3.63, 3.8) is 0 Å². The molecule has 1 aromatic rings. The summed E-state index contributed by atoms with van der Waals surface area (Å²) in [4.78, 5) is 39.5. The van der Waals surface area contributed by atoms with E-state index in [-0.39, 0.29) is 11.8 Å². The van der Waals surface area contributed by atoms with E-state index >= 15 is 0 Å². The van der Waals surface area contributed by atoms with Crippen LogP contribution in [0.15, 0.2) is 30.3 Å². The Morgan fingerprint density at radius 1 is 1.04 bits per heavy atom. The van der Waals surface area contributed by atoms with E-state index in [0.29, 0.717) is 39.0 Å². The molecule has 0 spiro atoms. The molecule has 0 unspecified atom stereocenters. The quantitative estimate of drug-likeness (QED) is 0.852. The summed E-state index contributed by atoms with van der Waals surface area (Å²) in [5, 5.41) is 9.85. The van der Waals surface area contributed by atoms with Gasteiger partial charge in [-0.3, -0.25) is 9.59 Å². The Morgan fingerprint density at radius 2 is 1.69 bits per heavy atom. The number of carboxylic acids is 1. The lowest BCUT2D eigenvalue weighted by Crippen LogP contribution is -2.53. The largest absolute Gasteiger partial charge is 0.481 e. The number of primary amides is 1. The molecule has 1 aromatic carbocycles. The van der Waals surface area contributed by atoms with Gasteiger partial charge in [0.15, 0.2) is 0 Å². The third-order valence-electron chi connectivity index (χ3n) is 5.75. The maximum atomic E-state index is 12.8. The fourth-order valence-electron chi connectivity index (χ4n) is 4.13. The summed E-state index contributed by atoms with van der Waals surface area (Å²) < 4.78 is 0. The number of carbonyl (C=O) groups is 3. The number of urea groups is 1. The molecule has 7 nitrogen and oxygen atoms in total. The highest BCUT2D eigenvalue weighted by Gasteiger charge is 2.44. The lowest BCUT2D eigenvalue weighted by Gasteiger charge is -2.41. The fourth-order valence-corrected chi connectivity index (χ4v) is 4.13. The van der Waals surface area contributed by atoms with Crippen LogP contribution in [0.25, 0.3) is 0 Å². The second-order valence-electron chi connectivity index (χ2n) is 7.20. The average molecular weight is 359 g/mol. The van der Waals surface area contributed by atoms with Gasteiger partial charge in [-0.05, 0) is 31.2 Å². The monoisotopic (exact) mass is 359 g/mol. The van der Waals surface area contributed by atoms with Gasteiger partial charge in [0.05, 0.1) is 11.3 Å². The number of nitrogens with two attached hydrogens (primary N) is 1. The average Bonchev–Trinajstić information content (AvgIpc) is 2.68. The predicted molar refractivity (Wildman–Crippen MR) is 95.5 cm³/mol. The number of carboxylic acid groups (broad SMARTS) is 1. The number of likely N-dealkylation sites (tertiary alicyclic amines) is 2. The molecule has 2 saturated heterocycles. The molecule has 0 saturated carbocycles. The Hall–Kier alpha value is -2.57. The Balaban J connectivity index is 1.68. The Morgan fingerprint density at radius 3 is 2.27 bits per heavy atom. The number of piperidine rings is 2. The molecule has 7 heteroatoms. The zero-order valence-electron chi connectivity index (χ0n) is 14.8. The van der Waals surface area contributed by atoms with Gasteiger partial charge in [0.1, 0.15) is 0 Å². The number of benzene rings is 1. The van der Waals surface area contributed by atoms with Crippen LogP contribution in [0.2, 0.25) is 0 Å². The summed E-state index contributed by atoms with van der Waals surface area (Å²) in [5.74, 6) is -1.08. The van der Waals surface area contributed by atoms with Crippen LogP contribution in [0.1, 0.15) is 31.2 Å². The van der Waals surface area contributed by atoms with Gasteiger partial charge in [-0.1, -0.05) is 30.3 Å². The van der Waals surface area contributed by atoms with E-state index < -0.39 is 17.4 Å². The fraction of sp³-hybridized carbons (Fsp3) is 0.526. The van der Waals surface area contributed by atoms with Crippen molar-refractivity contribution < 1.29 is 19.5 Å². The van der Waals surface area contributed by atoms with Crippen LogP contribution in [0.4, 0.5) is 4.79 Å². The van der Waals surface area contributed by atoms with Crippen molar-refractivity contribution in [1.82, 2.24) is 9.80 Å². The number of hydrogen-bond donors (Lipinski definition) is 2. The van der Waals surface area contributed by atoms with Crippen molar-refractivity contribution in [1.29, 1.82) is 0 Å². The van der Waals surface area contributed by atoms with Gasteiger partial charge >= 0.3 is 12.0 Å². The van der Waals surface area contributed by atoms with Crippen molar-refractivity contribution in [2.24, 2.45) is 11.7 Å². The van der Waals surface area contributed by atoms with Gasteiger partial charge in [0.2, 0.25) is 5.91 Å². The first-order chi connectivity index (χ1) is 12.4. The standard InChI is InChI=1S/C19H25N3O4/c20-18(26)22-10-4-5-14(13-22)16(23)21-11-8-19(9-12-21,17(24)25)15-6-2-1-3-7-15/h1-3,6-7,14H,4-5,8-13H2,(H2,20,26)(H,24,25)/t14-/m1/s1. The van der Waals surface area contributed by atoms with E-state index in [0.717, 1.165) is 18.4 Å². The van der Waals surface area contributed by atoms with Gasteiger partial charge < -0.3 is 20.6 Å². The van der Waals surface area contributed by atoms with E-state index in [4.69, 9.17) is 5.73 Å². The summed E-state index contributed by atoms with van der Waals surface area (Å²) in [6, 6.07) is 8.76. The minimum atomic E-state index is -0.941. The summed E-state index contributed by atoms with van der Waals surface area (Å²) in [6.07, 6.45) is 2.28. The Labute approximate surface area is 152 Å². The lowest BCUT2D eigenvalue weighted by atomic mass is 9.72. The minimum absolute atomic E-state index is 0.00278. The van der Waals surface area contributed by atoms with Gasteiger partial charge in [0, 0.05) is 26.2 Å². The molecule has 0 bridgehead atoms. The van der Waals surface area contributed by atoms with Gasteiger partial charge in [-0.15, -0.1) is 0 Å². The van der Waals surface area contributed by atoms with Gasteiger partial charge in [-0.25, -0.2) is 4.79 Å². The van der Waals surface area contributed by atoms with Crippen molar-refractivity contribution in [2.45, 2.75) is 31.1 Å². The molecule has 26 heavy (non-hydrogen) atoms. The molecule has 2 heterocycles. The molecule has 2 fully saturated rings. The van der Waals surface area contributed by atoms with Crippen molar-refractivity contribution in [3.8, 4) is 0 Å². The highest BCUT2D eigenvalue weighted by atomic mass is 16.4. The minimum Gasteiger partial charge on any atom is -0.481 e. The smallest absolute Gasteiger partial charge is 0.314 e.